The summed E-state index contributed by atoms with van der Waals surface area (Å²) in [5, 5.41) is 34.9. The number of carbonyl (C=O) groups is 4. The lowest BCUT2D eigenvalue weighted by atomic mass is 9.51. The van der Waals surface area contributed by atoms with Gasteiger partial charge in [0.15, 0.2) is 17.3 Å². The minimum absolute atomic E-state index is 0.142. The SMILES string of the molecule is CC(=O)O[C@H]1C[C@@H](OC(C)=O)/C(C)=C/[C@@H]2OC(=O)[C@]3(C)O[C@]23[C@@H](O)[C@H]2[C@](C)(O)[C@@H](O)C[C@H](OC(C)=O)[C@]12C. The van der Waals surface area contributed by atoms with Gasteiger partial charge in [-0.2, -0.15) is 0 Å². The van der Waals surface area contributed by atoms with Gasteiger partial charge < -0.3 is 39.0 Å². The second-order valence-electron chi connectivity index (χ2n) is 11.5. The highest BCUT2D eigenvalue weighted by Gasteiger charge is 2.87. The molecule has 0 bridgehead atoms. The number of carbonyl (C=O) groups excluding carboxylic acids is 4. The van der Waals surface area contributed by atoms with Gasteiger partial charge in [0.25, 0.3) is 0 Å². The Morgan fingerprint density at radius 2 is 1.47 bits per heavy atom. The van der Waals surface area contributed by atoms with Crippen LogP contribution in [0.3, 0.4) is 0 Å². The van der Waals surface area contributed by atoms with Crippen LogP contribution in [-0.4, -0.2) is 92.6 Å². The van der Waals surface area contributed by atoms with Crippen molar-refractivity contribution in [1.82, 2.24) is 0 Å². The molecule has 12 heteroatoms. The number of rotatable bonds is 3. The lowest BCUT2D eigenvalue weighted by Gasteiger charge is -2.59. The number of epoxide rings is 1. The van der Waals surface area contributed by atoms with Crippen molar-refractivity contribution in [2.24, 2.45) is 11.3 Å². The van der Waals surface area contributed by atoms with Crippen LogP contribution in [0.4, 0.5) is 0 Å². The molecule has 2 aliphatic carbocycles. The van der Waals surface area contributed by atoms with Crippen molar-refractivity contribution in [2.45, 2.75) is 115 Å². The maximum atomic E-state index is 12.9. The predicted octanol–water partition coefficient (Wildman–Crippen LogP) is 0.0836. The number of esters is 4. The molecule has 0 amide bonds. The average Bonchev–Trinajstić information content (AvgIpc) is 3.36. The number of fused-ring (bicyclic) bond motifs is 1. The van der Waals surface area contributed by atoms with E-state index in [1.165, 1.54) is 40.7 Å². The Morgan fingerprint density at radius 3 is 1.97 bits per heavy atom. The molecule has 4 aliphatic rings. The van der Waals surface area contributed by atoms with Gasteiger partial charge in [0, 0.05) is 39.5 Å². The number of ether oxygens (including phenoxy) is 5. The molecule has 0 aromatic carbocycles. The Kier molecular flexibility index (Phi) is 6.75. The van der Waals surface area contributed by atoms with E-state index in [0.29, 0.717) is 5.57 Å². The second kappa shape index (κ2) is 9.00. The molecular formula is C26H36O12. The maximum absolute atomic E-state index is 12.9. The maximum Gasteiger partial charge on any atom is 0.342 e. The molecule has 1 spiro atoms. The molecule has 0 aromatic rings. The van der Waals surface area contributed by atoms with Gasteiger partial charge in [0.05, 0.1) is 23.2 Å². The minimum Gasteiger partial charge on any atom is -0.462 e. The first kappa shape index (κ1) is 28.5. The lowest BCUT2D eigenvalue weighted by Crippen LogP contribution is -2.72. The van der Waals surface area contributed by atoms with Crippen LogP contribution in [0.2, 0.25) is 0 Å². The monoisotopic (exact) mass is 540 g/mol. The average molecular weight is 541 g/mol. The Labute approximate surface area is 220 Å². The van der Waals surface area contributed by atoms with Gasteiger partial charge in [0.2, 0.25) is 0 Å². The molecule has 0 aromatic heterocycles. The summed E-state index contributed by atoms with van der Waals surface area (Å²) in [7, 11) is 0. The second-order valence-corrected chi connectivity index (χ2v) is 11.5. The molecule has 11 atom stereocenters. The highest BCUT2D eigenvalue weighted by Crippen LogP contribution is 2.65. The van der Waals surface area contributed by atoms with Gasteiger partial charge in [-0.15, -0.1) is 0 Å². The van der Waals surface area contributed by atoms with Gasteiger partial charge in [-0.05, 0) is 32.4 Å². The van der Waals surface area contributed by atoms with Crippen LogP contribution >= 0.6 is 0 Å². The molecule has 3 N–H and O–H groups in total. The van der Waals surface area contributed by atoms with E-state index in [1.807, 2.05) is 0 Å². The third kappa shape index (κ3) is 3.95. The fourth-order valence-electron chi connectivity index (χ4n) is 6.95. The van der Waals surface area contributed by atoms with Crippen molar-refractivity contribution in [3.63, 3.8) is 0 Å². The van der Waals surface area contributed by atoms with Crippen LogP contribution in [-0.2, 0) is 42.9 Å². The third-order valence-corrected chi connectivity index (χ3v) is 8.95. The van der Waals surface area contributed by atoms with E-state index in [1.54, 1.807) is 13.8 Å². The molecule has 2 heterocycles. The van der Waals surface area contributed by atoms with Gasteiger partial charge in [-0.3, -0.25) is 14.4 Å². The normalized spacial score (nSPS) is 49.2. The van der Waals surface area contributed by atoms with Crippen molar-refractivity contribution in [3.8, 4) is 0 Å². The van der Waals surface area contributed by atoms with Crippen molar-refractivity contribution < 1.29 is 58.2 Å². The fraction of sp³-hybridized carbons (Fsp3) is 0.769. The summed E-state index contributed by atoms with van der Waals surface area (Å²) in [6.45, 7) is 9.53. The summed E-state index contributed by atoms with van der Waals surface area (Å²) >= 11 is 0. The molecular weight excluding hydrogens is 504 g/mol. The zero-order valence-electron chi connectivity index (χ0n) is 22.5. The van der Waals surface area contributed by atoms with E-state index in [9.17, 15) is 34.5 Å². The Morgan fingerprint density at radius 1 is 0.947 bits per heavy atom. The van der Waals surface area contributed by atoms with Crippen LogP contribution in [0.1, 0.15) is 61.3 Å². The molecule has 3 fully saturated rings. The third-order valence-electron chi connectivity index (χ3n) is 8.95. The van der Waals surface area contributed by atoms with E-state index in [0.717, 1.165) is 0 Å². The molecule has 212 valence electrons. The zero-order valence-corrected chi connectivity index (χ0v) is 22.5. The van der Waals surface area contributed by atoms with Crippen LogP contribution < -0.4 is 0 Å². The van der Waals surface area contributed by atoms with Crippen LogP contribution in [0.15, 0.2) is 11.6 Å². The van der Waals surface area contributed by atoms with Crippen LogP contribution in [0.5, 0.6) is 0 Å². The Bertz CT molecular complexity index is 1080. The molecule has 0 unspecified atom stereocenters. The molecule has 1 saturated carbocycles. The number of aliphatic hydroxyl groups excluding tert-OH is 2. The van der Waals surface area contributed by atoms with E-state index in [2.05, 4.69) is 0 Å². The molecule has 0 radical (unpaired) electrons. The number of hydrogen-bond donors (Lipinski definition) is 3. The topological polar surface area (TPSA) is 178 Å². The first-order valence-corrected chi connectivity index (χ1v) is 12.6. The largest absolute Gasteiger partial charge is 0.462 e. The minimum atomic E-state index is -2.05. The van der Waals surface area contributed by atoms with E-state index in [4.69, 9.17) is 23.7 Å². The zero-order chi connectivity index (χ0) is 28.6. The summed E-state index contributed by atoms with van der Waals surface area (Å²) in [4.78, 5) is 49.5. The molecule has 12 nitrogen and oxygen atoms in total. The summed E-state index contributed by atoms with van der Waals surface area (Å²) in [6, 6.07) is 0. The van der Waals surface area contributed by atoms with Crippen LogP contribution in [0, 0.1) is 11.3 Å². The lowest BCUT2D eigenvalue weighted by molar-refractivity contribution is -0.272. The first-order chi connectivity index (χ1) is 17.4. The summed E-state index contributed by atoms with van der Waals surface area (Å²) < 4.78 is 28.5. The smallest absolute Gasteiger partial charge is 0.342 e. The van der Waals surface area contributed by atoms with E-state index >= 15 is 0 Å². The molecule has 2 aliphatic heterocycles. The van der Waals surface area contributed by atoms with Gasteiger partial charge in [0.1, 0.15) is 18.3 Å². The van der Waals surface area contributed by atoms with E-state index in [-0.39, 0.29) is 12.8 Å². The van der Waals surface area contributed by atoms with Gasteiger partial charge >= 0.3 is 23.9 Å². The summed E-state index contributed by atoms with van der Waals surface area (Å²) in [5.41, 5.74) is -6.46. The van der Waals surface area contributed by atoms with Gasteiger partial charge in [-0.25, -0.2) is 4.79 Å². The molecule has 4 rings (SSSR count). The van der Waals surface area contributed by atoms with Crippen molar-refractivity contribution in [1.29, 1.82) is 0 Å². The summed E-state index contributed by atoms with van der Waals surface area (Å²) in [6.07, 6.45) is -6.53. The van der Waals surface area contributed by atoms with Gasteiger partial charge in [-0.1, -0.05) is 6.92 Å². The highest BCUT2D eigenvalue weighted by atomic mass is 16.7. The first-order valence-electron chi connectivity index (χ1n) is 12.6. The molecule has 38 heavy (non-hydrogen) atoms. The Balaban J connectivity index is 2.01. The predicted molar refractivity (Wildman–Crippen MR) is 126 cm³/mol. The van der Waals surface area contributed by atoms with E-state index < -0.39 is 88.6 Å². The van der Waals surface area contributed by atoms with Crippen molar-refractivity contribution in [2.75, 3.05) is 0 Å². The highest BCUT2D eigenvalue weighted by molar-refractivity contribution is 5.89. The fourth-order valence-corrected chi connectivity index (χ4v) is 6.95. The van der Waals surface area contributed by atoms with Crippen molar-refractivity contribution in [3.05, 3.63) is 11.6 Å². The quantitative estimate of drug-likeness (QED) is 0.190. The standard InChI is InChI=1S/C26H36O12/c1-11-8-19-26(25(7,38-26)22(32)37-19)21(31)20-23(5,17(35-13(3)28)9-15(11)34-12(2)27)18(36-14(4)29)10-16(30)24(20,6)33/h8,15-21,30-31,33H,9-10H2,1-7H3/b11-8+/t15-,16+,17+,18+,19+,20-,21+,23+,24-,25+,26+/m1/s1. The number of hydrogen-bond acceptors (Lipinski definition) is 12. The van der Waals surface area contributed by atoms with Crippen molar-refractivity contribution >= 4 is 23.9 Å². The summed E-state index contributed by atoms with van der Waals surface area (Å²) in [5.74, 6) is -4.17. The number of aliphatic hydroxyl groups is 3. The Hall–Kier alpha value is -2.54. The van der Waals surface area contributed by atoms with Crippen LogP contribution in [0.25, 0.3) is 0 Å². The molecule has 2 saturated heterocycles.